The molecule has 0 unspecified atom stereocenters. The Bertz CT molecular complexity index is 610. The molecule has 133 valence electrons. The molecule has 0 saturated heterocycles. The van der Waals surface area contributed by atoms with Crippen molar-refractivity contribution in [3.63, 3.8) is 0 Å². The predicted molar refractivity (Wildman–Crippen MR) is 105 cm³/mol. The van der Waals surface area contributed by atoms with Crippen LogP contribution in [0.1, 0.15) is 45.6 Å². The van der Waals surface area contributed by atoms with Gasteiger partial charge in [-0.25, -0.2) is 0 Å². The average molecular weight is 520 g/mol. The second-order valence-corrected chi connectivity index (χ2v) is 10.6. The first-order valence-corrected chi connectivity index (χ1v) is 11.3. The van der Waals surface area contributed by atoms with E-state index in [0.29, 0.717) is 0 Å². The fourth-order valence-electron chi connectivity index (χ4n) is 3.59. The molecule has 0 amide bonds. The van der Waals surface area contributed by atoms with E-state index < -0.39 is 7.26 Å². The molecule has 1 aromatic carbocycles. The summed E-state index contributed by atoms with van der Waals surface area (Å²) in [7, 11) is -1.06. The van der Waals surface area contributed by atoms with Gasteiger partial charge >= 0.3 is 0 Å². The van der Waals surface area contributed by atoms with E-state index in [1.54, 1.807) is 5.30 Å². The number of pyridine rings is 1. The Kier molecular flexibility index (Phi) is 9.35. The summed E-state index contributed by atoms with van der Waals surface area (Å²) in [5, 5.41) is 1.58. The summed E-state index contributed by atoms with van der Waals surface area (Å²) in [4.78, 5) is 4.55. The number of aryl methyl sites for hydroxylation is 1. The Balaban J connectivity index is 0.00000288. The second-order valence-electron chi connectivity index (χ2n) is 6.49. The predicted octanol–water partition coefficient (Wildman–Crippen LogP) is 5.73. The minimum Gasteiger partial charge on any atom is -0.305 e. The van der Waals surface area contributed by atoms with E-state index in [-0.39, 0.29) is 20.1 Å². The molecule has 0 fully saturated rings. The number of nitrogens with zero attached hydrogens (tertiary/aromatic N) is 1. The van der Waals surface area contributed by atoms with Gasteiger partial charge in [0.1, 0.15) is 0 Å². The monoisotopic (exact) mass is 520 g/mol. The quantitative estimate of drug-likeness (QED) is 0.321. The van der Waals surface area contributed by atoms with E-state index in [1.165, 1.54) is 43.3 Å². The molecule has 2 rings (SSSR count). The van der Waals surface area contributed by atoms with Crippen LogP contribution in [0.5, 0.6) is 0 Å². The molecule has 0 N–H and O–H groups in total. The number of benzene rings is 1. The molecule has 2 aromatic rings. The summed E-state index contributed by atoms with van der Waals surface area (Å²) in [6.07, 6.45) is 9.87. The first-order valence-electron chi connectivity index (χ1n) is 8.96. The summed E-state index contributed by atoms with van der Waals surface area (Å²) in [6.45, 7) is 9.12. The molecular weight excluding hydrogens is 489 g/mol. The van der Waals surface area contributed by atoms with Crippen LogP contribution in [0.15, 0.2) is 36.5 Å². The van der Waals surface area contributed by atoms with E-state index >= 15 is 0 Å². The largest absolute Gasteiger partial charge is 0.305 e. The third kappa shape index (κ3) is 5.22. The number of rotatable bonds is 8. The van der Waals surface area contributed by atoms with E-state index in [0.717, 1.165) is 11.3 Å². The van der Waals surface area contributed by atoms with Gasteiger partial charge in [0.2, 0.25) is 0 Å². The van der Waals surface area contributed by atoms with Crippen LogP contribution in [-0.4, -0.2) is 23.5 Å². The van der Waals surface area contributed by atoms with Crippen LogP contribution in [0.2, 0.25) is 0 Å². The van der Waals surface area contributed by atoms with E-state index in [1.807, 2.05) is 6.20 Å². The molecule has 1 heterocycles. The number of aromatic nitrogens is 1. The van der Waals surface area contributed by atoms with Crippen LogP contribution < -0.4 is 5.30 Å². The van der Waals surface area contributed by atoms with Crippen LogP contribution in [-0.2, 0) is 20.1 Å². The van der Waals surface area contributed by atoms with Crippen molar-refractivity contribution in [3.8, 4) is 11.3 Å². The maximum Gasteiger partial charge on any atom is 0.0623 e. The van der Waals surface area contributed by atoms with Gasteiger partial charge in [-0.1, -0.05) is 32.4 Å². The molecule has 0 aliphatic carbocycles. The smallest absolute Gasteiger partial charge is 0.0623 e. The van der Waals surface area contributed by atoms with Crippen molar-refractivity contribution in [1.82, 2.24) is 4.98 Å². The summed E-state index contributed by atoms with van der Waals surface area (Å²) < 4.78 is 0. The van der Waals surface area contributed by atoms with Gasteiger partial charge in [0, 0.05) is 38.9 Å². The topological polar surface area (TPSA) is 12.9 Å². The Labute approximate surface area is 162 Å². The van der Waals surface area contributed by atoms with Gasteiger partial charge < -0.3 is 4.98 Å². The van der Waals surface area contributed by atoms with Crippen molar-refractivity contribution in [2.24, 2.45) is 0 Å². The molecule has 24 heavy (non-hydrogen) atoms. The van der Waals surface area contributed by atoms with Gasteiger partial charge in [0.05, 0.1) is 18.5 Å². The molecule has 0 bridgehead atoms. The zero-order valence-corrected chi connectivity index (χ0v) is 18.7. The molecule has 0 aliphatic rings. The van der Waals surface area contributed by atoms with Crippen molar-refractivity contribution in [2.45, 2.75) is 47.0 Å². The van der Waals surface area contributed by atoms with Crippen LogP contribution in [0.25, 0.3) is 11.3 Å². The Morgan fingerprint density at radius 2 is 1.58 bits per heavy atom. The van der Waals surface area contributed by atoms with Crippen LogP contribution in [0.4, 0.5) is 0 Å². The zero-order chi connectivity index (χ0) is 16.7. The molecule has 0 atom stereocenters. The fraction of sp³-hybridized carbons (Fsp3) is 0.476. The molecule has 1 aromatic heterocycles. The van der Waals surface area contributed by atoms with Gasteiger partial charge in [-0.2, -0.15) is 0 Å². The van der Waals surface area contributed by atoms with Crippen LogP contribution >= 0.6 is 7.26 Å². The fourth-order valence-corrected chi connectivity index (χ4v) is 8.40. The Morgan fingerprint density at radius 1 is 0.958 bits per heavy atom. The molecule has 0 spiro atoms. The Morgan fingerprint density at radius 3 is 2.12 bits per heavy atom. The third-order valence-electron chi connectivity index (χ3n) is 4.48. The molecule has 1 nitrogen and oxygen atoms in total. The minimum atomic E-state index is -1.06. The Hall–Kier alpha value is -0.551. The maximum atomic E-state index is 4.55. The van der Waals surface area contributed by atoms with E-state index in [2.05, 4.69) is 69.1 Å². The molecule has 0 aliphatic heterocycles. The van der Waals surface area contributed by atoms with Gasteiger partial charge in [-0.05, 0) is 37.9 Å². The van der Waals surface area contributed by atoms with E-state index in [9.17, 15) is 0 Å². The normalized spacial score (nSPS) is 11.2. The molecule has 0 saturated carbocycles. The first kappa shape index (κ1) is 21.5. The summed E-state index contributed by atoms with van der Waals surface area (Å²) in [5.41, 5.74) is 3.46. The summed E-state index contributed by atoms with van der Waals surface area (Å²) in [5.74, 6) is 0. The molecule has 1 radical (unpaired) electrons. The second kappa shape index (κ2) is 10.4. The van der Waals surface area contributed by atoms with Gasteiger partial charge in [0.25, 0.3) is 0 Å². The van der Waals surface area contributed by atoms with Gasteiger partial charge in [0.15, 0.2) is 0 Å². The van der Waals surface area contributed by atoms with Crippen molar-refractivity contribution >= 4 is 12.6 Å². The maximum absolute atomic E-state index is 4.55. The van der Waals surface area contributed by atoms with Crippen LogP contribution in [0, 0.1) is 13.0 Å². The summed E-state index contributed by atoms with van der Waals surface area (Å²) >= 11 is 0. The van der Waals surface area contributed by atoms with Crippen molar-refractivity contribution < 1.29 is 20.1 Å². The SMILES string of the molecule is CCC[P+](CCC)(CCC)c1cc[c-]c(-c2cc(C)ccn2)c1.[Ir]. The number of hydrogen-bond donors (Lipinski definition) is 0. The van der Waals surface area contributed by atoms with Crippen molar-refractivity contribution in [2.75, 3.05) is 18.5 Å². The average Bonchev–Trinajstić information content (AvgIpc) is 2.56. The minimum absolute atomic E-state index is 0. The third-order valence-corrected chi connectivity index (χ3v) is 9.76. The zero-order valence-electron chi connectivity index (χ0n) is 15.4. The van der Waals surface area contributed by atoms with E-state index in [4.69, 9.17) is 0 Å². The van der Waals surface area contributed by atoms with Crippen LogP contribution in [0.3, 0.4) is 0 Å². The summed E-state index contributed by atoms with van der Waals surface area (Å²) in [6, 6.07) is 14.4. The first-order chi connectivity index (χ1) is 11.1. The molecule has 3 heteroatoms. The standard InChI is InChI=1S/C21H30NP.Ir/c1-5-13-23(14-6-2,15-7-3)20-10-8-9-19(17-20)21-16-18(4)11-12-22-21;/h8,10-12,16-17H,5-7,13-15H2,1-4H3;. The van der Waals surface area contributed by atoms with Crippen molar-refractivity contribution in [1.29, 1.82) is 0 Å². The molecular formula is C21H30IrNP. The number of hydrogen-bond acceptors (Lipinski definition) is 1. The van der Waals surface area contributed by atoms with Gasteiger partial charge in [-0.15, -0.1) is 29.8 Å². The van der Waals surface area contributed by atoms with Gasteiger partial charge in [-0.3, -0.25) is 0 Å². The van der Waals surface area contributed by atoms with Crippen molar-refractivity contribution in [3.05, 3.63) is 48.2 Å².